The van der Waals surface area contributed by atoms with E-state index in [0.717, 1.165) is 18.4 Å². The highest BCUT2D eigenvalue weighted by Gasteiger charge is 2.69. The summed E-state index contributed by atoms with van der Waals surface area (Å²) in [6.07, 6.45) is 5.30. The van der Waals surface area contributed by atoms with Crippen LogP contribution in [0, 0.1) is 34.5 Å². The van der Waals surface area contributed by atoms with Crippen molar-refractivity contribution in [1.29, 1.82) is 0 Å². The van der Waals surface area contributed by atoms with Crippen molar-refractivity contribution < 1.29 is 38.8 Å². The quantitative estimate of drug-likeness (QED) is 0.565. The van der Waals surface area contributed by atoms with Gasteiger partial charge in [-0.3, -0.25) is 14.4 Å². The number of aliphatic hydroxyl groups is 2. The molecule has 3 aliphatic carbocycles. The van der Waals surface area contributed by atoms with Crippen LogP contribution in [0.2, 0.25) is 0 Å². The zero-order valence-electron chi connectivity index (χ0n) is 21.4. The molecule has 8 heteroatoms. The van der Waals surface area contributed by atoms with E-state index in [1.54, 1.807) is 32.9 Å². The van der Waals surface area contributed by atoms with Gasteiger partial charge in [0.2, 0.25) is 5.78 Å². The average Bonchev–Trinajstić information content (AvgIpc) is 3.10. The maximum atomic E-state index is 13.8. The minimum absolute atomic E-state index is 0.0279. The maximum Gasteiger partial charge on any atom is 0.308 e. The first-order valence-electron chi connectivity index (χ1n) is 12.6. The second kappa shape index (κ2) is 8.91. The van der Waals surface area contributed by atoms with E-state index in [-0.39, 0.29) is 30.0 Å². The van der Waals surface area contributed by atoms with Crippen molar-refractivity contribution in [3.05, 3.63) is 23.8 Å². The molecule has 3 fully saturated rings. The van der Waals surface area contributed by atoms with E-state index in [2.05, 4.69) is 13.8 Å². The Labute approximate surface area is 206 Å². The lowest BCUT2D eigenvalue weighted by Gasteiger charge is -2.62. The van der Waals surface area contributed by atoms with Crippen molar-refractivity contribution in [3.8, 4) is 0 Å². The normalized spacial score (nSPS) is 45.1. The van der Waals surface area contributed by atoms with Crippen LogP contribution in [0.3, 0.4) is 0 Å². The third-order valence-corrected chi connectivity index (χ3v) is 9.46. The number of ether oxygens (including phenoxy) is 3. The molecule has 1 saturated heterocycles. The lowest BCUT2D eigenvalue weighted by molar-refractivity contribution is -0.252. The molecule has 4 aliphatic rings. The van der Waals surface area contributed by atoms with E-state index in [4.69, 9.17) is 14.2 Å². The molecule has 1 heterocycles. The molecule has 0 aromatic heterocycles. The van der Waals surface area contributed by atoms with Gasteiger partial charge in [0.1, 0.15) is 0 Å². The maximum absolute atomic E-state index is 13.8. The van der Waals surface area contributed by atoms with Gasteiger partial charge in [0, 0.05) is 16.7 Å². The van der Waals surface area contributed by atoms with Crippen molar-refractivity contribution in [2.24, 2.45) is 34.5 Å². The number of rotatable bonds is 5. The van der Waals surface area contributed by atoms with E-state index in [1.165, 1.54) is 0 Å². The number of ketones is 2. The van der Waals surface area contributed by atoms with Gasteiger partial charge in [-0.2, -0.15) is 0 Å². The van der Waals surface area contributed by atoms with Crippen molar-refractivity contribution in [1.82, 2.24) is 0 Å². The average molecular weight is 491 g/mol. The molecule has 0 radical (unpaired) electrons. The number of fused-ring (bicyclic) bond motifs is 3. The van der Waals surface area contributed by atoms with Gasteiger partial charge in [0.25, 0.3) is 6.48 Å². The Balaban J connectivity index is 1.71. The van der Waals surface area contributed by atoms with Crippen LogP contribution in [-0.4, -0.2) is 58.6 Å². The van der Waals surface area contributed by atoms with Crippen molar-refractivity contribution in [2.45, 2.75) is 85.1 Å². The van der Waals surface area contributed by atoms with Gasteiger partial charge in [-0.25, -0.2) is 0 Å². The van der Waals surface area contributed by atoms with Crippen LogP contribution in [0.15, 0.2) is 23.8 Å². The number of carbonyl (C=O) groups is 3. The van der Waals surface area contributed by atoms with Gasteiger partial charge >= 0.3 is 5.97 Å². The molecule has 1 aliphatic heterocycles. The Morgan fingerprint density at radius 1 is 1.23 bits per heavy atom. The van der Waals surface area contributed by atoms with Crippen molar-refractivity contribution in [2.75, 3.05) is 6.61 Å². The van der Waals surface area contributed by atoms with Crippen LogP contribution in [0.4, 0.5) is 0 Å². The number of aliphatic hydroxyl groups excluding tert-OH is 2. The molecule has 9 atom stereocenters. The Kier molecular flexibility index (Phi) is 6.67. The van der Waals surface area contributed by atoms with Crippen LogP contribution in [0.5, 0.6) is 0 Å². The summed E-state index contributed by atoms with van der Waals surface area (Å²) in [7, 11) is 0. The summed E-state index contributed by atoms with van der Waals surface area (Å²) < 4.78 is 16.7. The standard InChI is InChI=1S/C27H38O8/c1-14(2)23(31)33-13-21(30)27(16(4)34-24(32)35-27)26(6)12-20(29)22-19(15(26)3)8-7-17-11-18(28)9-10-25(17,22)5/h9-11,14-16,19-20,22,24,29,32H,7-8,12-13H2,1-6H3. The van der Waals surface area contributed by atoms with Crippen LogP contribution < -0.4 is 0 Å². The minimum atomic E-state index is -1.61. The van der Waals surface area contributed by atoms with Gasteiger partial charge in [-0.1, -0.05) is 46.3 Å². The first-order valence-corrected chi connectivity index (χ1v) is 12.6. The van der Waals surface area contributed by atoms with Crippen molar-refractivity contribution in [3.63, 3.8) is 0 Å². The molecule has 194 valence electrons. The van der Waals surface area contributed by atoms with Gasteiger partial charge in [0.15, 0.2) is 18.0 Å². The summed E-state index contributed by atoms with van der Waals surface area (Å²) in [5.74, 6) is -1.62. The highest BCUT2D eigenvalue weighted by molar-refractivity contribution is 6.01. The predicted molar refractivity (Wildman–Crippen MR) is 126 cm³/mol. The van der Waals surface area contributed by atoms with Crippen molar-refractivity contribution >= 4 is 17.5 Å². The Bertz CT molecular complexity index is 968. The van der Waals surface area contributed by atoms with Crippen LogP contribution in [0.1, 0.15) is 60.8 Å². The molecular formula is C27H38O8. The SMILES string of the molecule is CC(C)C(=O)OCC(=O)C1(C2(C)CC(O)C3C(CCC4=CC(=O)C=CC43C)C2C)OC(O)OC1C. The minimum Gasteiger partial charge on any atom is -0.457 e. The van der Waals surface area contributed by atoms with Gasteiger partial charge < -0.3 is 24.4 Å². The van der Waals surface area contributed by atoms with E-state index in [0.29, 0.717) is 0 Å². The summed E-state index contributed by atoms with van der Waals surface area (Å²) in [6.45, 7) is 8.99. The fraction of sp³-hybridized carbons (Fsp3) is 0.741. The zero-order chi connectivity index (χ0) is 25.9. The number of carbonyl (C=O) groups excluding carboxylic acids is 3. The molecule has 4 rings (SSSR count). The number of Topliss-reactive ketones (excluding diaryl/α,β-unsaturated/α-hetero) is 1. The predicted octanol–water partition coefficient (Wildman–Crippen LogP) is 2.71. The van der Waals surface area contributed by atoms with E-state index >= 15 is 0 Å². The smallest absolute Gasteiger partial charge is 0.308 e. The molecule has 2 N–H and O–H groups in total. The zero-order valence-corrected chi connectivity index (χ0v) is 21.4. The third kappa shape index (κ3) is 3.84. The summed E-state index contributed by atoms with van der Waals surface area (Å²) in [5.41, 5.74) is -1.94. The van der Waals surface area contributed by atoms with E-state index in [9.17, 15) is 24.6 Å². The fourth-order valence-corrected chi connectivity index (χ4v) is 7.48. The van der Waals surface area contributed by atoms with Crippen LogP contribution in [0.25, 0.3) is 0 Å². The Morgan fingerprint density at radius 2 is 1.91 bits per heavy atom. The van der Waals surface area contributed by atoms with E-state index < -0.39 is 59.4 Å². The summed E-state index contributed by atoms with van der Waals surface area (Å²) >= 11 is 0. The molecule has 0 bridgehead atoms. The second-order valence-electron chi connectivity index (χ2n) is 11.5. The molecule has 8 nitrogen and oxygen atoms in total. The third-order valence-electron chi connectivity index (χ3n) is 9.46. The first kappa shape index (κ1) is 26.2. The Morgan fingerprint density at radius 3 is 2.51 bits per heavy atom. The molecule has 9 unspecified atom stereocenters. The molecule has 0 aromatic rings. The van der Waals surface area contributed by atoms with Gasteiger partial charge in [0.05, 0.1) is 18.1 Å². The topological polar surface area (TPSA) is 119 Å². The molecule has 0 amide bonds. The van der Waals surface area contributed by atoms with Crippen LogP contribution in [-0.2, 0) is 28.6 Å². The molecule has 0 spiro atoms. The highest BCUT2D eigenvalue weighted by atomic mass is 16.8. The second-order valence-corrected chi connectivity index (χ2v) is 11.5. The summed E-state index contributed by atoms with van der Waals surface area (Å²) in [4.78, 5) is 37.9. The summed E-state index contributed by atoms with van der Waals surface area (Å²) in [5, 5.41) is 21.9. The molecule has 2 saturated carbocycles. The highest BCUT2D eigenvalue weighted by Crippen LogP contribution is 2.64. The van der Waals surface area contributed by atoms with E-state index in [1.807, 2.05) is 13.0 Å². The number of allylic oxidation sites excluding steroid dienone is 4. The fourth-order valence-electron chi connectivity index (χ4n) is 7.48. The lowest BCUT2D eigenvalue weighted by atomic mass is 9.44. The largest absolute Gasteiger partial charge is 0.457 e. The molecule has 0 aromatic carbocycles. The molecule has 35 heavy (non-hydrogen) atoms. The monoisotopic (exact) mass is 490 g/mol. The van der Waals surface area contributed by atoms with Crippen LogP contribution >= 0.6 is 0 Å². The van der Waals surface area contributed by atoms with Gasteiger partial charge in [-0.05, 0) is 50.2 Å². The molecular weight excluding hydrogens is 452 g/mol. The number of hydrogen-bond acceptors (Lipinski definition) is 8. The summed E-state index contributed by atoms with van der Waals surface area (Å²) in [6, 6.07) is 0. The number of hydrogen-bond donors (Lipinski definition) is 2. The number of esters is 1. The van der Waals surface area contributed by atoms with Gasteiger partial charge in [-0.15, -0.1) is 0 Å². The Hall–Kier alpha value is -1.87. The lowest BCUT2D eigenvalue weighted by Crippen LogP contribution is -2.68. The first-order chi connectivity index (χ1) is 16.3.